The van der Waals surface area contributed by atoms with Crippen molar-refractivity contribution >= 4 is 23.2 Å². The number of halogens is 2. The van der Waals surface area contributed by atoms with Crippen molar-refractivity contribution in [2.24, 2.45) is 0 Å². The van der Waals surface area contributed by atoms with E-state index in [1.165, 1.54) is 11.1 Å². The van der Waals surface area contributed by atoms with Crippen LogP contribution in [0, 0.1) is 13.8 Å². The highest BCUT2D eigenvalue weighted by atomic mass is 35.5. The normalized spacial score (nSPS) is 10.6. The molecule has 0 saturated carbocycles. The summed E-state index contributed by atoms with van der Waals surface area (Å²) in [5.74, 6) is 0.653. The van der Waals surface area contributed by atoms with Crippen molar-refractivity contribution in [3.63, 3.8) is 0 Å². The molecule has 2 aromatic rings. The molecule has 0 spiro atoms. The average Bonchev–Trinajstić information content (AvgIpc) is 2.29. The highest BCUT2D eigenvalue weighted by Crippen LogP contribution is 2.21. The SMILES string of the molecule is Cc1ccccc1Cc1nc(Cl)c(C)c(Cl)n1. The van der Waals surface area contributed by atoms with E-state index in [1.54, 1.807) is 0 Å². The summed E-state index contributed by atoms with van der Waals surface area (Å²) in [5.41, 5.74) is 3.12. The zero-order valence-electron chi connectivity index (χ0n) is 9.67. The predicted octanol–water partition coefficient (Wildman–Crippen LogP) is 3.99. The number of hydrogen-bond donors (Lipinski definition) is 0. The Labute approximate surface area is 111 Å². The van der Waals surface area contributed by atoms with Crippen molar-refractivity contribution in [3.8, 4) is 0 Å². The molecule has 0 bridgehead atoms. The van der Waals surface area contributed by atoms with Crippen LogP contribution in [0.2, 0.25) is 10.3 Å². The summed E-state index contributed by atoms with van der Waals surface area (Å²) < 4.78 is 0. The van der Waals surface area contributed by atoms with Crippen LogP contribution in [0.4, 0.5) is 0 Å². The fourth-order valence-corrected chi connectivity index (χ4v) is 1.98. The van der Waals surface area contributed by atoms with Crippen LogP contribution in [-0.4, -0.2) is 9.97 Å². The first-order valence-electron chi connectivity index (χ1n) is 5.31. The lowest BCUT2D eigenvalue weighted by Crippen LogP contribution is -2.00. The topological polar surface area (TPSA) is 25.8 Å². The van der Waals surface area contributed by atoms with Gasteiger partial charge in [0.1, 0.15) is 16.1 Å². The van der Waals surface area contributed by atoms with Gasteiger partial charge in [0, 0.05) is 12.0 Å². The molecule has 88 valence electrons. The lowest BCUT2D eigenvalue weighted by atomic mass is 10.1. The average molecular weight is 267 g/mol. The van der Waals surface area contributed by atoms with Crippen molar-refractivity contribution in [3.05, 3.63) is 57.1 Å². The molecule has 0 aliphatic heterocycles. The van der Waals surface area contributed by atoms with E-state index in [1.807, 2.05) is 19.1 Å². The Bertz CT molecular complexity index is 530. The van der Waals surface area contributed by atoms with Crippen LogP contribution in [0.25, 0.3) is 0 Å². The van der Waals surface area contributed by atoms with E-state index in [4.69, 9.17) is 23.2 Å². The third-order valence-electron chi connectivity index (χ3n) is 2.68. The van der Waals surface area contributed by atoms with Gasteiger partial charge in [-0.1, -0.05) is 47.5 Å². The number of rotatable bonds is 2. The van der Waals surface area contributed by atoms with Gasteiger partial charge in [-0.3, -0.25) is 0 Å². The summed E-state index contributed by atoms with van der Waals surface area (Å²) in [6.45, 7) is 3.87. The van der Waals surface area contributed by atoms with E-state index in [0.29, 0.717) is 22.6 Å². The van der Waals surface area contributed by atoms with Gasteiger partial charge in [0.05, 0.1) is 0 Å². The number of aromatic nitrogens is 2. The summed E-state index contributed by atoms with van der Waals surface area (Å²) in [6, 6.07) is 8.13. The van der Waals surface area contributed by atoms with Crippen molar-refractivity contribution in [1.82, 2.24) is 9.97 Å². The van der Waals surface area contributed by atoms with E-state index < -0.39 is 0 Å². The standard InChI is InChI=1S/C13H12Cl2N2/c1-8-5-3-4-6-10(8)7-11-16-12(14)9(2)13(15)17-11/h3-6H,7H2,1-2H3. The molecule has 0 N–H and O–H groups in total. The van der Waals surface area contributed by atoms with Gasteiger partial charge in [-0.05, 0) is 25.0 Å². The zero-order chi connectivity index (χ0) is 12.4. The highest BCUT2D eigenvalue weighted by molar-refractivity contribution is 6.34. The summed E-state index contributed by atoms with van der Waals surface area (Å²) in [7, 11) is 0. The van der Waals surface area contributed by atoms with Gasteiger partial charge in [0.25, 0.3) is 0 Å². The second-order valence-corrected chi connectivity index (χ2v) is 4.67. The monoisotopic (exact) mass is 266 g/mol. The quantitative estimate of drug-likeness (QED) is 0.769. The van der Waals surface area contributed by atoms with E-state index in [-0.39, 0.29) is 0 Å². The third-order valence-corrected chi connectivity index (χ3v) is 3.42. The molecule has 0 saturated heterocycles. The van der Waals surface area contributed by atoms with Crippen LogP contribution in [-0.2, 0) is 6.42 Å². The molecule has 0 aliphatic rings. The molecule has 0 unspecified atom stereocenters. The maximum Gasteiger partial charge on any atom is 0.137 e. The van der Waals surface area contributed by atoms with E-state index >= 15 is 0 Å². The molecule has 17 heavy (non-hydrogen) atoms. The molecular weight excluding hydrogens is 255 g/mol. The van der Waals surface area contributed by atoms with Gasteiger partial charge in [-0.15, -0.1) is 0 Å². The van der Waals surface area contributed by atoms with E-state index in [9.17, 15) is 0 Å². The van der Waals surface area contributed by atoms with Gasteiger partial charge in [0.2, 0.25) is 0 Å². The Morgan fingerprint density at radius 2 is 1.59 bits per heavy atom. The molecule has 0 radical (unpaired) electrons. The number of aryl methyl sites for hydroxylation is 1. The Balaban J connectivity index is 2.34. The van der Waals surface area contributed by atoms with Crippen molar-refractivity contribution < 1.29 is 0 Å². The lowest BCUT2D eigenvalue weighted by molar-refractivity contribution is 0.950. The van der Waals surface area contributed by atoms with Crippen molar-refractivity contribution in [1.29, 1.82) is 0 Å². The molecule has 0 aliphatic carbocycles. The van der Waals surface area contributed by atoms with Crippen LogP contribution in [0.15, 0.2) is 24.3 Å². The molecule has 2 rings (SSSR count). The summed E-state index contributed by atoms with van der Waals surface area (Å²) >= 11 is 12.0. The number of nitrogens with zero attached hydrogens (tertiary/aromatic N) is 2. The molecule has 1 aromatic carbocycles. The molecule has 1 heterocycles. The molecular formula is C13H12Cl2N2. The van der Waals surface area contributed by atoms with Gasteiger partial charge >= 0.3 is 0 Å². The highest BCUT2D eigenvalue weighted by Gasteiger charge is 2.08. The molecule has 0 amide bonds. The van der Waals surface area contributed by atoms with Crippen molar-refractivity contribution in [2.75, 3.05) is 0 Å². The van der Waals surface area contributed by atoms with Gasteiger partial charge in [0.15, 0.2) is 0 Å². The second kappa shape index (κ2) is 5.03. The van der Waals surface area contributed by atoms with Crippen LogP contribution in [0.5, 0.6) is 0 Å². The lowest BCUT2D eigenvalue weighted by Gasteiger charge is -2.06. The number of hydrogen-bond acceptors (Lipinski definition) is 2. The zero-order valence-corrected chi connectivity index (χ0v) is 11.2. The maximum absolute atomic E-state index is 5.99. The van der Waals surface area contributed by atoms with Gasteiger partial charge in [-0.25, -0.2) is 9.97 Å². The minimum Gasteiger partial charge on any atom is -0.220 e. The molecule has 0 atom stereocenters. The fraction of sp³-hybridized carbons (Fsp3) is 0.231. The maximum atomic E-state index is 5.99. The molecule has 4 heteroatoms. The summed E-state index contributed by atoms with van der Waals surface area (Å²) in [4.78, 5) is 8.48. The summed E-state index contributed by atoms with van der Waals surface area (Å²) in [6.07, 6.45) is 0.645. The Morgan fingerprint density at radius 1 is 1.00 bits per heavy atom. The van der Waals surface area contributed by atoms with Crippen LogP contribution in [0.3, 0.4) is 0 Å². The van der Waals surface area contributed by atoms with Crippen LogP contribution < -0.4 is 0 Å². The second-order valence-electron chi connectivity index (χ2n) is 3.95. The largest absolute Gasteiger partial charge is 0.220 e. The van der Waals surface area contributed by atoms with Gasteiger partial charge < -0.3 is 0 Å². The van der Waals surface area contributed by atoms with Crippen molar-refractivity contribution in [2.45, 2.75) is 20.3 Å². The Kier molecular flexibility index (Phi) is 3.65. The summed E-state index contributed by atoms with van der Waals surface area (Å²) in [5, 5.41) is 0.849. The predicted molar refractivity (Wildman–Crippen MR) is 70.8 cm³/mol. The Morgan fingerprint density at radius 3 is 2.18 bits per heavy atom. The van der Waals surface area contributed by atoms with Gasteiger partial charge in [-0.2, -0.15) is 0 Å². The Hall–Kier alpha value is -1.12. The molecule has 2 nitrogen and oxygen atoms in total. The molecule has 0 fully saturated rings. The van der Waals surface area contributed by atoms with Crippen LogP contribution >= 0.6 is 23.2 Å². The van der Waals surface area contributed by atoms with E-state index in [0.717, 1.165) is 5.56 Å². The number of benzene rings is 1. The minimum absolute atomic E-state index is 0.425. The van der Waals surface area contributed by atoms with E-state index in [2.05, 4.69) is 29.0 Å². The fourth-order valence-electron chi connectivity index (χ4n) is 1.56. The first-order chi connectivity index (χ1) is 8.08. The van der Waals surface area contributed by atoms with Crippen LogP contribution in [0.1, 0.15) is 22.5 Å². The first-order valence-corrected chi connectivity index (χ1v) is 6.06. The third kappa shape index (κ3) is 2.76. The smallest absolute Gasteiger partial charge is 0.137 e. The first kappa shape index (κ1) is 12.3. The molecule has 1 aromatic heterocycles. The minimum atomic E-state index is 0.425.